The molecule has 0 radical (unpaired) electrons. The molecule has 1 aliphatic heterocycles. The number of benzene rings is 2. The van der Waals surface area contributed by atoms with Crippen molar-refractivity contribution in [2.75, 3.05) is 23.3 Å². The molecule has 2 aromatic carbocycles. The summed E-state index contributed by atoms with van der Waals surface area (Å²) in [7, 11) is -3.84. The molecule has 4 rings (SSSR count). The Bertz CT molecular complexity index is 1200. The van der Waals surface area contributed by atoms with Crippen LogP contribution in [0.15, 0.2) is 65.7 Å². The fraction of sp³-hybridized carbons (Fsp3) is 0.143. The van der Waals surface area contributed by atoms with Gasteiger partial charge < -0.3 is 14.8 Å². The fourth-order valence-corrected chi connectivity index (χ4v) is 4.05. The lowest BCUT2D eigenvalue weighted by Crippen LogP contribution is -2.14. The molecule has 31 heavy (non-hydrogen) atoms. The van der Waals surface area contributed by atoms with Gasteiger partial charge in [-0.25, -0.2) is 13.4 Å². The van der Waals surface area contributed by atoms with Gasteiger partial charge in [0.2, 0.25) is 0 Å². The Labute approximate surface area is 184 Å². The summed E-state index contributed by atoms with van der Waals surface area (Å²) in [5, 5.41) is 3.00. The van der Waals surface area contributed by atoms with Crippen LogP contribution in [-0.2, 0) is 10.0 Å². The number of amides is 1. The summed E-state index contributed by atoms with van der Waals surface area (Å²) in [5.74, 6) is 0.562. The first-order valence-electron chi connectivity index (χ1n) is 9.36. The number of pyridine rings is 1. The molecule has 1 aliphatic rings. The molecule has 160 valence electrons. The molecule has 0 saturated carbocycles. The Hall–Kier alpha value is -3.30. The molecule has 1 amide bonds. The molecular weight excluding hydrogens is 442 g/mol. The Morgan fingerprint density at radius 2 is 1.65 bits per heavy atom. The predicted octanol–water partition coefficient (Wildman–Crippen LogP) is 3.95. The summed E-state index contributed by atoms with van der Waals surface area (Å²) in [4.78, 5) is 16.2. The molecule has 8 nitrogen and oxygen atoms in total. The first-order chi connectivity index (χ1) is 14.9. The van der Waals surface area contributed by atoms with Crippen LogP contribution in [0.4, 0.5) is 11.4 Å². The van der Waals surface area contributed by atoms with E-state index in [-0.39, 0.29) is 10.8 Å². The number of halogens is 1. The van der Waals surface area contributed by atoms with Crippen LogP contribution < -0.4 is 19.5 Å². The van der Waals surface area contributed by atoms with Crippen molar-refractivity contribution >= 4 is 38.9 Å². The van der Waals surface area contributed by atoms with Crippen molar-refractivity contribution < 1.29 is 22.7 Å². The van der Waals surface area contributed by atoms with Gasteiger partial charge in [0.25, 0.3) is 15.9 Å². The SMILES string of the molecule is O=C(Nc1ccc(NS(=O)(=O)c2ccc3c(c2)OCCCO3)cc1)c1ccc(Cl)nc1. The lowest BCUT2D eigenvalue weighted by molar-refractivity contribution is 0.102. The van der Waals surface area contributed by atoms with Gasteiger partial charge in [-0.15, -0.1) is 0 Å². The van der Waals surface area contributed by atoms with Crippen molar-refractivity contribution in [1.82, 2.24) is 4.98 Å². The quantitative estimate of drug-likeness (QED) is 0.559. The number of carbonyl (C=O) groups is 1. The molecule has 0 fully saturated rings. The third-order valence-corrected chi connectivity index (χ3v) is 6.02. The molecule has 0 unspecified atom stereocenters. The minimum atomic E-state index is -3.84. The van der Waals surface area contributed by atoms with E-state index < -0.39 is 10.0 Å². The van der Waals surface area contributed by atoms with E-state index in [0.717, 1.165) is 6.42 Å². The average molecular weight is 460 g/mol. The summed E-state index contributed by atoms with van der Waals surface area (Å²) in [5.41, 5.74) is 1.19. The topological polar surface area (TPSA) is 107 Å². The number of fused-ring (bicyclic) bond motifs is 1. The summed E-state index contributed by atoms with van der Waals surface area (Å²) < 4.78 is 39.1. The third kappa shape index (κ3) is 5.07. The van der Waals surface area contributed by atoms with E-state index in [1.165, 1.54) is 24.4 Å². The largest absolute Gasteiger partial charge is 0.490 e. The monoisotopic (exact) mass is 459 g/mol. The zero-order chi connectivity index (χ0) is 21.8. The Kier molecular flexibility index (Phi) is 5.97. The van der Waals surface area contributed by atoms with E-state index in [4.69, 9.17) is 21.1 Å². The van der Waals surface area contributed by atoms with Gasteiger partial charge in [-0.2, -0.15) is 0 Å². The van der Waals surface area contributed by atoms with Crippen molar-refractivity contribution in [3.63, 3.8) is 0 Å². The van der Waals surface area contributed by atoms with E-state index in [9.17, 15) is 13.2 Å². The number of hydrogen-bond donors (Lipinski definition) is 2. The van der Waals surface area contributed by atoms with E-state index in [1.54, 1.807) is 36.4 Å². The number of aromatic nitrogens is 1. The Morgan fingerprint density at radius 3 is 2.35 bits per heavy atom. The molecule has 0 aliphatic carbocycles. The predicted molar refractivity (Wildman–Crippen MR) is 116 cm³/mol. The molecule has 0 spiro atoms. The second kappa shape index (κ2) is 8.83. The molecular formula is C21H18ClN3O5S. The van der Waals surface area contributed by atoms with Gasteiger partial charge in [0, 0.05) is 30.1 Å². The molecule has 0 atom stereocenters. The van der Waals surface area contributed by atoms with Gasteiger partial charge in [-0.05, 0) is 48.5 Å². The molecule has 2 N–H and O–H groups in total. The highest BCUT2D eigenvalue weighted by Gasteiger charge is 2.19. The van der Waals surface area contributed by atoms with E-state index in [2.05, 4.69) is 15.0 Å². The smallest absolute Gasteiger partial charge is 0.262 e. The van der Waals surface area contributed by atoms with Crippen molar-refractivity contribution in [3.05, 3.63) is 71.5 Å². The van der Waals surface area contributed by atoms with E-state index >= 15 is 0 Å². The minimum absolute atomic E-state index is 0.0596. The first-order valence-corrected chi connectivity index (χ1v) is 11.2. The standard InChI is InChI=1S/C21H18ClN3O5S/c22-20-9-2-14(13-23-20)21(26)24-15-3-5-16(6-4-15)25-31(27,28)17-7-8-18-19(12-17)30-11-1-10-29-18/h2-9,12-13,25H,1,10-11H2,(H,24,26). The highest BCUT2D eigenvalue weighted by Crippen LogP contribution is 2.32. The number of ether oxygens (including phenoxy) is 2. The molecule has 1 aromatic heterocycles. The van der Waals surface area contributed by atoms with Gasteiger partial charge in [-0.1, -0.05) is 11.6 Å². The van der Waals surface area contributed by atoms with Crippen molar-refractivity contribution in [2.24, 2.45) is 0 Å². The molecule has 0 saturated heterocycles. The molecule has 0 bridgehead atoms. The van der Waals surface area contributed by atoms with Crippen LogP contribution in [-0.4, -0.2) is 32.5 Å². The molecule has 10 heteroatoms. The number of sulfonamides is 1. The number of carbonyl (C=O) groups excluding carboxylic acids is 1. The molecule has 3 aromatic rings. The summed E-state index contributed by atoms with van der Waals surface area (Å²) in [6.07, 6.45) is 2.10. The summed E-state index contributed by atoms with van der Waals surface area (Å²) in [6.45, 7) is 0.984. The van der Waals surface area contributed by atoms with E-state index in [1.807, 2.05) is 0 Å². The van der Waals surface area contributed by atoms with Gasteiger partial charge in [0.15, 0.2) is 11.5 Å². The summed E-state index contributed by atoms with van der Waals surface area (Å²) in [6, 6.07) is 13.9. The minimum Gasteiger partial charge on any atom is -0.490 e. The first kappa shape index (κ1) is 21.0. The number of hydrogen-bond acceptors (Lipinski definition) is 6. The molecule has 2 heterocycles. The highest BCUT2D eigenvalue weighted by molar-refractivity contribution is 7.92. The Balaban J connectivity index is 1.45. The van der Waals surface area contributed by atoms with Crippen LogP contribution in [0.5, 0.6) is 11.5 Å². The maximum absolute atomic E-state index is 12.8. The summed E-state index contributed by atoms with van der Waals surface area (Å²) >= 11 is 5.72. The van der Waals surface area contributed by atoms with Gasteiger partial charge in [0.05, 0.1) is 23.7 Å². The Morgan fingerprint density at radius 1 is 0.935 bits per heavy atom. The van der Waals surface area contributed by atoms with Crippen LogP contribution in [0.2, 0.25) is 5.15 Å². The third-order valence-electron chi connectivity index (χ3n) is 4.41. The number of anilines is 2. The van der Waals surface area contributed by atoms with Gasteiger partial charge in [0.1, 0.15) is 5.15 Å². The number of nitrogens with one attached hydrogen (secondary N) is 2. The van der Waals surface area contributed by atoms with Gasteiger partial charge in [-0.3, -0.25) is 9.52 Å². The van der Waals surface area contributed by atoms with E-state index in [0.29, 0.717) is 46.8 Å². The lowest BCUT2D eigenvalue weighted by atomic mass is 10.2. The average Bonchev–Trinajstić information content (AvgIpc) is 3.00. The van der Waals surface area contributed by atoms with Crippen molar-refractivity contribution in [1.29, 1.82) is 0 Å². The van der Waals surface area contributed by atoms with Crippen LogP contribution in [0.25, 0.3) is 0 Å². The normalized spacial score (nSPS) is 13.2. The van der Waals surface area contributed by atoms with Crippen molar-refractivity contribution in [3.8, 4) is 11.5 Å². The van der Waals surface area contributed by atoms with Crippen LogP contribution in [0.3, 0.4) is 0 Å². The zero-order valence-corrected chi connectivity index (χ0v) is 17.7. The lowest BCUT2D eigenvalue weighted by Gasteiger charge is -2.12. The van der Waals surface area contributed by atoms with Gasteiger partial charge >= 0.3 is 0 Å². The highest BCUT2D eigenvalue weighted by atomic mass is 35.5. The van der Waals surface area contributed by atoms with Crippen LogP contribution in [0.1, 0.15) is 16.8 Å². The fourth-order valence-electron chi connectivity index (χ4n) is 2.86. The van der Waals surface area contributed by atoms with Crippen molar-refractivity contribution in [2.45, 2.75) is 11.3 Å². The zero-order valence-electron chi connectivity index (χ0n) is 16.2. The number of nitrogens with zero attached hydrogens (tertiary/aromatic N) is 1. The second-order valence-electron chi connectivity index (χ2n) is 6.67. The van der Waals surface area contributed by atoms with Crippen LogP contribution >= 0.6 is 11.6 Å². The number of rotatable bonds is 5. The van der Waals surface area contributed by atoms with Crippen LogP contribution in [0, 0.1) is 0 Å². The maximum atomic E-state index is 12.8. The second-order valence-corrected chi connectivity index (χ2v) is 8.74. The maximum Gasteiger partial charge on any atom is 0.262 e.